The van der Waals surface area contributed by atoms with Gasteiger partial charge in [0.15, 0.2) is 11.5 Å². The van der Waals surface area contributed by atoms with Gasteiger partial charge >= 0.3 is 0 Å². The summed E-state index contributed by atoms with van der Waals surface area (Å²) in [6.45, 7) is 2.44. The highest BCUT2D eigenvalue weighted by atomic mass is 32.1. The van der Waals surface area contributed by atoms with Gasteiger partial charge < -0.3 is 25.3 Å². The molecule has 3 N–H and O–H groups in total. The number of hydrogen-bond acceptors (Lipinski definition) is 7. The Morgan fingerprint density at radius 1 is 1.27 bits per heavy atom. The maximum atomic E-state index is 12.5. The summed E-state index contributed by atoms with van der Waals surface area (Å²) in [4.78, 5) is 16.7. The van der Waals surface area contributed by atoms with Gasteiger partial charge in [-0.15, -0.1) is 11.3 Å². The van der Waals surface area contributed by atoms with E-state index < -0.39 is 0 Å². The molecule has 4 rings (SSSR count). The average Bonchev–Trinajstić information content (AvgIpc) is 3.35. The lowest BCUT2D eigenvalue weighted by Crippen LogP contribution is -2.44. The number of benzene rings is 1. The molecule has 3 heterocycles. The van der Waals surface area contributed by atoms with Crippen molar-refractivity contribution in [1.82, 2.24) is 10.3 Å². The molecule has 0 unspecified atom stereocenters. The summed E-state index contributed by atoms with van der Waals surface area (Å²) >= 11 is 1.40. The standard InChI is InChI=1S/C18H21N3O4S/c19-8-16-21-13(9-26-16)17(22)20-10-18(3-5-23-6-4-18)12-1-2-14-15(7-12)25-11-24-14/h1-2,7,9H,3-6,8,10-11,19H2,(H,20,22). The predicted molar refractivity (Wildman–Crippen MR) is 96.6 cm³/mol. The minimum absolute atomic E-state index is 0.174. The zero-order chi connectivity index (χ0) is 18.0. The maximum absolute atomic E-state index is 12.5. The number of nitrogens with one attached hydrogen (secondary N) is 1. The first-order valence-electron chi connectivity index (χ1n) is 8.61. The summed E-state index contributed by atoms with van der Waals surface area (Å²) in [5.41, 5.74) is 6.93. The normalized spacial score (nSPS) is 17.9. The molecule has 0 saturated carbocycles. The number of carbonyl (C=O) groups excluding carboxylic acids is 1. The number of nitrogens with zero attached hydrogens (tertiary/aromatic N) is 1. The monoisotopic (exact) mass is 375 g/mol. The first kappa shape index (κ1) is 17.3. The summed E-state index contributed by atoms with van der Waals surface area (Å²) in [5.74, 6) is 1.34. The van der Waals surface area contributed by atoms with E-state index in [4.69, 9.17) is 19.9 Å². The zero-order valence-electron chi connectivity index (χ0n) is 14.3. The molecule has 8 heteroatoms. The third kappa shape index (κ3) is 3.27. The molecule has 26 heavy (non-hydrogen) atoms. The lowest BCUT2D eigenvalue weighted by atomic mass is 9.74. The van der Waals surface area contributed by atoms with E-state index in [2.05, 4.69) is 16.4 Å². The Balaban J connectivity index is 1.54. The van der Waals surface area contributed by atoms with Crippen LogP contribution in [0.3, 0.4) is 0 Å². The van der Waals surface area contributed by atoms with E-state index in [9.17, 15) is 4.79 Å². The Hall–Kier alpha value is -2.16. The molecule has 1 fully saturated rings. The second-order valence-corrected chi connectivity index (χ2v) is 7.42. The molecule has 1 saturated heterocycles. The molecule has 7 nitrogen and oxygen atoms in total. The predicted octanol–water partition coefficient (Wildman–Crippen LogP) is 1.81. The van der Waals surface area contributed by atoms with E-state index in [-0.39, 0.29) is 18.1 Å². The quantitative estimate of drug-likeness (QED) is 0.827. The highest BCUT2D eigenvalue weighted by molar-refractivity contribution is 7.09. The maximum Gasteiger partial charge on any atom is 0.270 e. The van der Waals surface area contributed by atoms with Crippen LogP contribution in [0.2, 0.25) is 0 Å². The molecular weight excluding hydrogens is 354 g/mol. The summed E-state index contributed by atoms with van der Waals surface area (Å²) in [6.07, 6.45) is 1.66. The lowest BCUT2D eigenvalue weighted by Gasteiger charge is -2.38. The van der Waals surface area contributed by atoms with Crippen molar-refractivity contribution in [2.75, 3.05) is 26.6 Å². The molecule has 2 aliphatic heterocycles. The van der Waals surface area contributed by atoms with Gasteiger partial charge in [0.05, 0.1) is 0 Å². The first-order chi connectivity index (χ1) is 12.7. The number of rotatable bonds is 5. The van der Waals surface area contributed by atoms with Crippen molar-refractivity contribution in [3.05, 3.63) is 39.8 Å². The molecule has 2 aliphatic rings. The summed E-state index contributed by atoms with van der Waals surface area (Å²) in [5, 5.41) is 5.55. The minimum Gasteiger partial charge on any atom is -0.454 e. The first-order valence-corrected chi connectivity index (χ1v) is 9.49. The van der Waals surface area contributed by atoms with Gasteiger partial charge in [-0.1, -0.05) is 6.07 Å². The molecule has 1 aromatic carbocycles. The van der Waals surface area contributed by atoms with Crippen molar-refractivity contribution in [3.63, 3.8) is 0 Å². The molecular formula is C18H21N3O4S. The fourth-order valence-corrected chi connectivity index (χ4v) is 4.06. The van der Waals surface area contributed by atoms with Gasteiger partial charge in [0.1, 0.15) is 10.7 Å². The van der Waals surface area contributed by atoms with Crippen LogP contribution >= 0.6 is 11.3 Å². The lowest BCUT2D eigenvalue weighted by molar-refractivity contribution is 0.0486. The third-order valence-corrected chi connectivity index (χ3v) is 5.85. The van der Waals surface area contributed by atoms with Crippen LogP contribution in [0.15, 0.2) is 23.6 Å². The van der Waals surface area contributed by atoms with Gasteiger partial charge in [0, 0.05) is 37.1 Å². The second kappa shape index (κ2) is 7.22. The number of nitrogens with two attached hydrogens (primary N) is 1. The number of aromatic nitrogens is 1. The number of amides is 1. The minimum atomic E-state index is -0.193. The van der Waals surface area contributed by atoms with E-state index in [1.54, 1.807) is 5.38 Å². The number of hydrogen-bond donors (Lipinski definition) is 2. The van der Waals surface area contributed by atoms with Gasteiger partial charge in [0.25, 0.3) is 5.91 Å². The fraction of sp³-hybridized carbons (Fsp3) is 0.444. The van der Waals surface area contributed by atoms with Crippen LogP contribution < -0.4 is 20.5 Å². The molecule has 1 aromatic heterocycles. The molecule has 0 radical (unpaired) electrons. The molecule has 0 bridgehead atoms. The topological polar surface area (TPSA) is 95.7 Å². The molecule has 1 amide bonds. The molecule has 0 atom stereocenters. The van der Waals surface area contributed by atoms with Crippen molar-refractivity contribution < 1.29 is 19.0 Å². The van der Waals surface area contributed by atoms with Crippen LogP contribution in [-0.2, 0) is 16.7 Å². The van der Waals surface area contributed by atoms with Crippen LogP contribution in [0.4, 0.5) is 0 Å². The van der Waals surface area contributed by atoms with Crippen molar-refractivity contribution in [2.45, 2.75) is 24.8 Å². The SMILES string of the molecule is NCc1nc(C(=O)NCC2(c3ccc4c(c3)OCO4)CCOCC2)cs1. The summed E-state index contributed by atoms with van der Waals surface area (Å²) in [7, 11) is 0. The van der Waals surface area contributed by atoms with Gasteiger partial charge in [-0.3, -0.25) is 4.79 Å². The van der Waals surface area contributed by atoms with Crippen molar-refractivity contribution in [1.29, 1.82) is 0 Å². The van der Waals surface area contributed by atoms with Crippen LogP contribution in [-0.4, -0.2) is 37.4 Å². The molecule has 0 spiro atoms. The van der Waals surface area contributed by atoms with Gasteiger partial charge in [-0.25, -0.2) is 4.98 Å². The van der Waals surface area contributed by atoms with E-state index in [0.29, 0.717) is 32.0 Å². The smallest absolute Gasteiger partial charge is 0.270 e. The molecule has 138 valence electrons. The summed E-state index contributed by atoms with van der Waals surface area (Å²) < 4.78 is 16.5. The van der Waals surface area contributed by atoms with Gasteiger partial charge in [-0.05, 0) is 30.5 Å². The average molecular weight is 375 g/mol. The Morgan fingerprint density at radius 2 is 2.08 bits per heavy atom. The second-order valence-electron chi connectivity index (χ2n) is 6.47. The van der Waals surface area contributed by atoms with Gasteiger partial charge in [-0.2, -0.15) is 0 Å². The van der Waals surface area contributed by atoms with Crippen molar-refractivity contribution in [2.24, 2.45) is 5.73 Å². The Kier molecular flexibility index (Phi) is 4.80. The number of thiazole rings is 1. The number of carbonyl (C=O) groups is 1. The van der Waals surface area contributed by atoms with Crippen molar-refractivity contribution in [3.8, 4) is 11.5 Å². The highest BCUT2D eigenvalue weighted by Gasteiger charge is 2.36. The van der Waals surface area contributed by atoms with E-state index in [0.717, 1.165) is 34.9 Å². The van der Waals surface area contributed by atoms with E-state index in [1.165, 1.54) is 11.3 Å². The van der Waals surface area contributed by atoms with E-state index in [1.807, 2.05) is 12.1 Å². The van der Waals surface area contributed by atoms with E-state index >= 15 is 0 Å². The van der Waals surface area contributed by atoms with Crippen molar-refractivity contribution >= 4 is 17.2 Å². The molecule has 2 aromatic rings. The third-order valence-electron chi connectivity index (χ3n) is 4.98. The Morgan fingerprint density at radius 3 is 2.85 bits per heavy atom. The highest BCUT2D eigenvalue weighted by Crippen LogP contribution is 2.40. The number of fused-ring (bicyclic) bond motifs is 1. The fourth-order valence-electron chi connectivity index (χ4n) is 3.41. The zero-order valence-corrected chi connectivity index (χ0v) is 15.1. The largest absolute Gasteiger partial charge is 0.454 e. The summed E-state index contributed by atoms with van der Waals surface area (Å²) in [6, 6.07) is 6.01. The van der Waals surface area contributed by atoms with Gasteiger partial charge in [0.2, 0.25) is 6.79 Å². The van der Waals surface area contributed by atoms with Crippen LogP contribution in [0, 0.1) is 0 Å². The molecule has 0 aliphatic carbocycles. The van der Waals surface area contributed by atoms with Crippen LogP contribution in [0.5, 0.6) is 11.5 Å². The van der Waals surface area contributed by atoms with Crippen LogP contribution in [0.1, 0.15) is 33.9 Å². The Bertz CT molecular complexity index is 801. The Labute approximate surface area is 155 Å². The number of ether oxygens (including phenoxy) is 3. The van der Waals surface area contributed by atoms with Crippen LogP contribution in [0.25, 0.3) is 0 Å².